The maximum Gasteiger partial charge on any atom is 0.0884 e. The smallest absolute Gasteiger partial charge is 0.0884 e. The number of thiophene rings is 1. The molecule has 2 aromatic rings. The van der Waals surface area contributed by atoms with Crippen molar-refractivity contribution in [3.63, 3.8) is 0 Å². The van der Waals surface area contributed by atoms with E-state index in [9.17, 15) is 5.11 Å². The van der Waals surface area contributed by atoms with Crippen LogP contribution in [0, 0.1) is 0 Å². The van der Waals surface area contributed by atoms with Crippen LogP contribution in [0.4, 0.5) is 0 Å². The molecule has 0 aliphatic heterocycles. The van der Waals surface area contributed by atoms with Crippen LogP contribution in [0.3, 0.4) is 0 Å². The average Bonchev–Trinajstić information content (AvgIpc) is 2.80. The van der Waals surface area contributed by atoms with Crippen molar-refractivity contribution in [2.24, 2.45) is 0 Å². The molecule has 1 nitrogen and oxygen atoms in total. The van der Waals surface area contributed by atoms with Crippen molar-refractivity contribution in [2.45, 2.75) is 10.3 Å². The zero-order valence-corrected chi connectivity index (χ0v) is 9.80. The first-order valence-corrected chi connectivity index (χ1v) is 6.62. The molecule has 1 aromatic carbocycles. The van der Waals surface area contributed by atoms with Crippen molar-refractivity contribution < 1.29 is 5.11 Å². The summed E-state index contributed by atoms with van der Waals surface area (Å²) in [6.45, 7) is 0. The van der Waals surface area contributed by atoms with Crippen molar-refractivity contribution >= 4 is 23.1 Å². The molecule has 15 heavy (non-hydrogen) atoms. The van der Waals surface area contributed by atoms with E-state index >= 15 is 0 Å². The Morgan fingerprint density at radius 1 is 1.13 bits per heavy atom. The first kappa shape index (κ1) is 10.7. The summed E-state index contributed by atoms with van der Waals surface area (Å²) < 4.78 is 1.25. The Balaban J connectivity index is 1.90. The summed E-state index contributed by atoms with van der Waals surface area (Å²) in [7, 11) is 0. The molecule has 1 aromatic heterocycles. The van der Waals surface area contributed by atoms with Crippen molar-refractivity contribution in [1.29, 1.82) is 0 Å². The van der Waals surface area contributed by atoms with Gasteiger partial charge in [-0.25, -0.2) is 0 Å². The molecule has 3 heteroatoms. The van der Waals surface area contributed by atoms with Gasteiger partial charge in [0.1, 0.15) is 0 Å². The Hall–Kier alpha value is -0.770. The number of aliphatic hydroxyl groups is 1. The van der Waals surface area contributed by atoms with Gasteiger partial charge in [-0.2, -0.15) is 0 Å². The monoisotopic (exact) mass is 236 g/mol. The van der Waals surface area contributed by atoms with Crippen LogP contribution in [0.25, 0.3) is 0 Å². The minimum absolute atomic E-state index is 0.377. The van der Waals surface area contributed by atoms with Gasteiger partial charge in [-0.3, -0.25) is 0 Å². The van der Waals surface area contributed by atoms with Gasteiger partial charge in [0, 0.05) is 5.75 Å². The molecule has 0 saturated heterocycles. The summed E-state index contributed by atoms with van der Waals surface area (Å²) >= 11 is 3.41. The third-order valence-corrected chi connectivity index (χ3v) is 4.27. The van der Waals surface area contributed by atoms with Gasteiger partial charge in [-0.1, -0.05) is 36.4 Å². The van der Waals surface area contributed by atoms with E-state index in [1.807, 2.05) is 36.4 Å². The van der Waals surface area contributed by atoms with Gasteiger partial charge in [-0.05, 0) is 17.0 Å². The number of hydrogen-bond acceptors (Lipinski definition) is 3. The summed E-state index contributed by atoms with van der Waals surface area (Å²) in [5.41, 5.74) is 0.988. The van der Waals surface area contributed by atoms with E-state index in [0.29, 0.717) is 5.75 Å². The molecule has 0 saturated carbocycles. The highest BCUT2D eigenvalue weighted by atomic mass is 32.2. The lowest BCUT2D eigenvalue weighted by atomic mass is 10.1. The fourth-order valence-corrected chi connectivity index (χ4v) is 3.06. The maximum atomic E-state index is 9.90. The molecule has 1 unspecified atom stereocenters. The van der Waals surface area contributed by atoms with E-state index in [0.717, 1.165) is 5.56 Å². The van der Waals surface area contributed by atoms with Gasteiger partial charge >= 0.3 is 0 Å². The molecule has 1 atom stereocenters. The predicted molar refractivity (Wildman–Crippen MR) is 66.4 cm³/mol. The lowest BCUT2D eigenvalue weighted by Gasteiger charge is -2.09. The summed E-state index contributed by atoms with van der Waals surface area (Å²) in [6.07, 6.45) is -0.377. The minimum atomic E-state index is -0.377. The number of rotatable bonds is 4. The number of aliphatic hydroxyl groups excluding tert-OH is 1. The summed E-state index contributed by atoms with van der Waals surface area (Å²) in [6, 6.07) is 13.9. The molecule has 0 spiro atoms. The fraction of sp³-hybridized carbons (Fsp3) is 0.167. The van der Waals surface area contributed by atoms with Crippen LogP contribution >= 0.6 is 23.1 Å². The second-order valence-electron chi connectivity index (χ2n) is 3.17. The van der Waals surface area contributed by atoms with Crippen molar-refractivity contribution in [1.82, 2.24) is 0 Å². The van der Waals surface area contributed by atoms with Crippen molar-refractivity contribution in [3.05, 3.63) is 53.4 Å². The molecule has 78 valence electrons. The summed E-state index contributed by atoms with van der Waals surface area (Å²) in [5, 5.41) is 12.0. The van der Waals surface area contributed by atoms with Crippen LogP contribution in [0.1, 0.15) is 11.7 Å². The zero-order valence-electron chi connectivity index (χ0n) is 8.17. The Bertz CT molecular complexity index is 383. The van der Waals surface area contributed by atoms with E-state index in [-0.39, 0.29) is 6.10 Å². The summed E-state index contributed by atoms with van der Waals surface area (Å²) in [4.78, 5) is 0. The van der Waals surface area contributed by atoms with Gasteiger partial charge in [0.25, 0.3) is 0 Å². The molecule has 1 heterocycles. The molecule has 0 radical (unpaired) electrons. The predicted octanol–water partition coefficient (Wildman–Crippen LogP) is 3.57. The van der Waals surface area contributed by atoms with Gasteiger partial charge in [-0.15, -0.1) is 23.1 Å². The van der Waals surface area contributed by atoms with Gasteiger partial charge < -0.3 is 5.11 Å². The van der Waals surface area contributed by atoms with Gasteiger partial charge in [0.05, 0.1) is 10.3 Å². The van der Waals surface area contributed by atoms with E-state index in [2.05, 4.69) is 11.4 Å². The standard InChI is InChI=1S/C12H12OS2/c13-11(10-5-2-1-3-6-10)9-15-12-7-4-8-14-12/h1-8,11,13H,9H2. The van der Waals surface area contributed by atoms with E-state index in [4.69, 9.17) is 0 Å². The Labute approximate surface area is 97.8 Å². The Morgan fingerprint density at radius 2 is 1.93 bits per heavy atom. The Kier molecular flexibility index (Phi) is 3.83. The van der Waals surface area contributed by atoms with Crippen LogP contribution in [-0.2, 0) is 0 Å². The van der Waals surface area contributed by atoms with Crippen LogP contribution in [0.5, 0.6) is 0 Å². The second-order valence-corrected chi connectivity index (χ2v) is 5.44. The zero-order chi connectivity index (χ0) is 10.5. The quantitative estimate of drug-likeness (QED) is 0.819. The van der Waals surface area contributed by atoms with E-state index in [1.165, 1.54) is 4.21 Å². The van der Waals surface area contributed by atoms with Crippen LogP contribution in [0.2, 0.25) is 0 Å². The maximum absolute atomic E-state index is 9.90. The van der Waals surface area contributed by atoms with Gasteiger partial charge in [0.2, 0.25) is 0 Å². The highest BCUT2D eigenvalue weighted by Crippen LogP contribution is 2.27. The number of hydrogen-bond donors (Lipinski definition) is 1. The van der Waals surface area contributed by atoms with Crippen LogP contribution in [-0.4, -0.2) is 10.9 Å². The second kappa shape index (κ2) is 5.35. The minimum Gasteiger partial charge on any atom is -0.388 e. The fourth-order valence-electron chi connectivity index (χ4n) is 1.28. The van der Waals surface area contributed by atoms with Crippen LogP contribution in [0.15, 0.2) is 52.1 Å². The SMILES string of the molecule is OC(CSc1cccs1)c1ccccc1. The molecular formula is C12H12OS2. The first-order chi connectivity index (χ1) is 7.36. The molecule has 1 N–H and O–H groups in total. The molecule has 0 amide bonds. The van der Waals surface area contributed by atoms with E-state index in [1.54, 1.807) is 23.1 Å². The Morgan fingerprint density at radius 3 is 2.60 bits per heavy atom. The van der Waals surface area contributed by atoms with Gasteiger partial charge in [0.15, 0.2) is 0 Å². The molecule has 0 aliphatic rings. The molecule has 0 fully saturated rings. The lowest BCUT2D eigenvalue weighted by Crippen LogP contribution is -1.99. The lowest BCUT2D eigenvalue weighted by molar-refractivity contribution is 0.204. The van der Waals surface area contributed by atoms with Crippen molar-refractivity contribution in [2.75, 3.05) is 5.75 Å². The van der Waals surface area contributed by atoms with Crippen LogP contribution < -0.4 is 0 Å². The highest BCUT2D eigenvalue weighted by molar-refractivity contribution is 8.01. The largest absolute Gasteiger partial charge is 0.388 e. The third-order valence-electron chi connectivity index (χ3n) is 2.06. The number of benzene rings is 1. The molecular weight excluding hydrogens is 224 g/mol. The topological polar surface area (TPSA) is 20.2 Å². The summed E-state index contributed by atoms with van der Waals surface area (Å²) in [5.74, 6) is 0.713. The first-order valence-electron chi connectivity index (χ1n) is 4.75. The molecule has 2 rings (SSSR count). The normalized spacial score (nSPS) is 12.6. The van der Waals surface area contributed by atoms with E-state index < -0.39 is 0 Å². The molecule has 0 bridgehead atoms. The average molecular weight is 236 g/mol. The third kappa shape index (κ3) is 3.09. The number of thioether (sulfide) groups is 1. The molecule has 0 aliphatic carbocycles. The highest BCUT2D eigenvalue weighted by Gasteiger charge is 2.07. The van der Waals surface area contributed by atoms with Crippen molar-refractivity contribution in [3.8, 4) is 0 Å².